The average molecular weight is 880 g/mol. The van der Waals surface area contributed by atoms with E-state index in [4.69, 9.17) is 33.2 Å². The third kappa shape index (κ3) is 10.9. The summed E-state index contributed by atoms with van der Waals surface area (Å²) < 4.78 is 44.5. The molecule has 1 aliphatic carbocycles. The minimum atomic E-state index is -1.69. The minimum Gasteiger partial charge on any atom is -0.457 e. The first-order chi connectivity index (χ1) is 28.5. The summed E-state index contributed by atoms with van der Waals surface area (Å²) in [6.45, 7) is 23.7. The van der Waals surface area contributed by atoms with Crippen molar-refractivity contribution in [1.29, 1.82) is 0 Å². The molecule has 2 amide bonds. The zero-order valence-electron chi connectivity index (χ0n) is 40.1. The Morgan fingerprint density at radius 2 is 1.60 bits per heavy atom. The Labute approximate surface area is 369 Å². The van der Waals surface area contributed by atoms with Crippen LogP contribution in [0.25, 0.3) is 0 Å². The van der Waals surface area contributed by atoms with E-state index in [0.29, 0.717) is 6.42 Å². The first-order valence-corrected chi connectivity index (χ1v) is 22.8. The van der Waals surface area contributed by atoms with Crippen LogP contribution in [0.5, 0.6) is 0 Å². The maximum atomic E-state index is 15.1. The largest absolute Gasteiger partial charge is 0.457 e. The molecular formula is C46H77N3O13. The van der Waals surface area contributed by atoms with Gasteiger partial charge in [0.05, 0.1) is 30.8 Å². The maximum absolute atomic E-state index is 15.1. The first kappa shape index (κ1) is 50.0. The molecule has 2 bridgehead atoms. The molecule has 6 fully saturated rings. The summed E-state index contributed by atoms with van der Waals surface area (Å²) in [7, 11) is 3.72. The molecule has 0 spiro atoms. The van der Waals surface area contributed by atoms with Crippen LogP contribution in [0.15, 0.2) is 0 Å². The van der Waals surface area contributed by atoms with E-state index in [1.54, 1.807) is 51.3 Å². The lowest BCUT2D eigenvalue weighted by molar-refractivity contribution is -0.302. The second kappa shape index (κ2) is 18.4. The van der Waals surface area contributed by atoms with E-state index < -0.39 is 112 Å². The second-order valence-electron chi connectivity index (χ2n) is 21.7. The molecule has 6 rings (SSSR count). The number of rotatable bonds is 7. The van der Waals surface area contributed by atoms with Gasteiger partial charge in [-0.1, -0.05) is 20.8 Å². The van der Waals surface area contributed by atoms with Crippen LogP contribution in [0.2, 0.25) is 0 Å². The Balaban J connectivity index is 1.57. The van der Waals surface area contributed by atoms with Crippen LogP contribution in [0.3, 0.4) is 0 Å². The number of aliphatic hydroxyl groups is 1. The van der Waals surface area contributed by atoms with Gasteiger partial charge in [-0.3, -0.25) is 14.4 Å². The number of likely N-dealkylation sites (N-methyl/N-ethyl adjacent to an activating group) is 1. The van der Waals surface area contributed by atoms with Crippen molar-refractivity contribution in [2.24, 2.45) is 23.2 Å². The van der Waals surface area contributed by atoms with Crippen LogP contribution >= 0.6 is 0 Å². The summed E-state index contributed by atoms with van der Waals surface area (Å²) in [4.78, 5) is 75.7. The predicted octanol–water partition coefficient (Wildman–Crippen LogP) is 5.88. The molecule has 6 aliphatic rings. The summed E-state index contributed by atoms with van der Waals surface area (Å²) in [5.41, 5.74) is -5.77. The molecule has 3 unspecified atom stereocenters. The van der Waals surface area contributed by atoms with Gasteiger partial charge in [-0.25, -0.2) is 9.59 Å². The van der Waals surface area contributed by atoms with E-state index in [1.807, 2.05) is 67.5 Å². The molecule has 16 nitrogen and oxygen atoms in total. The van der Waals surface area contributed by atoms with Gasteiger partial charge in [-0.05, 0) is 128 Å². The monoisotopic (exact) mass is 880 g/mol. The van der Waals surface area contributed by atoms with Crippen LogP contribution in [-0.2, 0) is 47.5 Å². The lowest BCUT2D eigenvalue weighted by Gasteiger charge is -2.49. The predicted molar refractivity (Wildman–Crippen MR) is 228 cm³/mol. The van der Waals surface area contributed by atoms with Gasteiger partial charge in [0.1, 0.15) is 28.8 Å². The molecule has 0 radical (unpaired) electrons. The van der Waals surface area contributed by atoms with Crippen molar-refractivity contribution in [1.82, 2.24) is 14.7 Å². The summed E-state index contributed by atoms with van der Waals surface area (Å²) in [6, 6.07) is -1.05. The van der Waals surface area contributed by atoms with E-state index in [0.717, 1.165) is 12.8 Å². The van der Waals surface area contributed by atoms with Gasteiger partial charge in [0.25, 0.3) is 0 Å². The number of ketones is 1. The minimum absolute atomic E-state index is 0.0110. The van der Waals surface area contributed by atoms with Gasteiger partial charge in [-0.2, -0.15) is 0 Å². The molecule has 0 aromatic heterocycles. The molecule has 354 valence electrons. The summed E-state index contributed by atoms with van der Waals surface area (Å²) >= 11 is 0. The third-order valence-corrected chi connectivity index (χ3v) is 13.6. The second-order valence-corrected chi connectivity index (χ2v) is 21.7. The molecule has 0 aromatic rings. The Morgan fingerprint density at radius 3 is 2.16 bits per heavy atom. The summed E-state index contributed by atoms with van der Waals surface area (Å²) in [6.07, 6.45) is -3.44. The number of ether oxygens (including phenoxy) is 7. The number of hydrogen-bond donors (Lipinski definition) is 1. The molecule has 5 heterocycles. The van der Waals surface area contributed by atoms with E-state index in [9.17, 15) is 24.3 Å². The fourth-order valence-electron chi connectivity index (χ4n) is 10.2. The standard InChI is InChI=1S/C46H77N3O13/c1-16-33-46(13)31(22-34(50)60-46)28(4)48(40(54)61-42(5,6)7)24-26(2)23-45(12)37(27(3)36(52)44(11,19-20-56-45)39(53)58-33)59-38-35(51)32(47(14)15)21-30(57-38)25-49(29-17-18-29)41(55)62-43(8,9)10/h26-33,35,37-38,51H,16-25H2,1-15H3/t26-,27+,28-,30?,31-,32?,33-,35?,37-,38+,44-,45+,46+/m1/s1. The van der Waals surface area contributed by atoms with Gasteiger partial charge in [0.2, 0.25) is 0 Å². The molecule has 1 saturated carbocycles. The number of carbonyl (C=O) groups excluding carboxylic acids is 5. The van der Waals surface area contributed by atoms with Crippen molar-refractivity contribution >= 4 is 29.9 Å². The van der Waals surface area contributed by atoms with Gasteiger partial charge < -0.3 is 53.0 Å². The first-order valence-electron chi connectivity index (χ1n) is 22.8. The molecule has 16 heteroatoms. The Kier molecular flexibility index (Phi) is 14.9. The highest BCUT2D eigenvalue weighted by Gasteiger charge is 2.59. The fraction of sp³-hybridized carbons (Fsp3) is 0.891. The highest BCUT2D eigenvalue weighted by Crippen LogP contribution is 2.46. The van der Waals surface area contributed by atoms with Gasteiger partial charge >= 0.3 is 24.1 Å². The highest BCUT2D eigenvalue weighted by molar-refractivity contribution is 6.04. The number of esters is 2. The maximum Gasteiger partial charge on any atom is 0.410 e. The summed E-state index contributed by atoms with van der Waals surface area (Å²) in [5, 5.41) is 12.0. The van der Waals surface area contributed by atoms with E-state index in [-0.39, 0.29) is 57.3 Å². The third-order valence-electron chi connectivity index (χ3n) is 13.6. The molecule has 62 heavy (non-hydrogen) atoms. The number of carbonyl (C=O) groups is 5. The number of amides is 2. The molecule has 5 aliphatic heterocycles. The van der Waals surface area contributed by atoms with Crippen LogP contribution in [0, 0.1) is 23.2 Å². The quantitative estimate of drug-likeness (QED) is 0.182. The lowest BCUT2D eigenvalue weighted by atomic mass is 9.70. The van der Waals surface area contributed by atoms with Gasteiger partial charge in [0.15, 0.2) is 17.7 Å². The van der Waals surface area contributed by atoms with Crippen molar-refractivity contribution in [3.8, 4) is 0 Å². The topological polar surface area (TPSA) is 180 Å². The molecular weight excluding hydrogens is 803 g/mol. The SMILES string of the molecule is CC[C@H]1OC(=O)[C@]2(C)CCO[C@@](C)(C[C@@H](C)CN(C(=O)OC(C)(C)C)[C@H](C)[C@H]3CC(=O)O[C@@]31C)[C@H](O[C@@H]1OC(CN(C(=O)OC(C)(C)C)C3CC3)CC(N(C)C)C1O)[C@@H](C)C2=O. The van der Waals surface area contributed by atoms with E-state index in [2.05, 4.69) is 0 Å². The fourth-order valence-corrected chi connectivity index (χ4v) is 10.2. The molecule has 5 saturated heterocycles. The average Bonchev–Trinajstić information content (AvgIpc) is 3.93. The zero-order chi connectivity index (χ0) is 46.5. The molecule has 13 atom stereocenters. The Morgan fingerprint density at radius 1 is 0.968 bits per heavy atom. The number of hydrogen-bond acceptors (Lipinski definition) is 14. The summed E-state index contributed by atoms with van der Waals surface area (Å²) in [5.74, 6) is -3.56. The number of nitrogens with zero attached hydrogens (tertiary/aromatic N) is 3. The van der Waals surface area contributed by atoms with Crippen LogP contribution < -0.4 is 0 Å². The van der Waals surface area contributed by atoms with E-state index in [1.165, 1.54) is 0 Å². The van der Waals surface area contributed by atoms with Crippen molar-refractivity contribution in [2.75, 3.05) is 33.8 Å². The van der Waals surface area contributed by atoms with Crippen molar-refractivity contribution in [3.05, 3.63) is 0 Å². The number of Topliss-reactive ketones (excluding diaryl/α,β-unsaturated/α-hetero) is 1. The lowest BCUT2D eigenvalue weighted by Crippen LogP contribution is -2.62. The van der Waals surface area contributed by atoms with Crippen molar-refractivity contribution < 1.29 is 62.2 Å². The zero-order valence-corrected chi connectivity index (χ0v) is 40.1. The molecule has 0 aromatic carbocycles. The normalized spacial score (nSPS) is 38.9. The van der Waals surface area contributed by atoms with Gasteiger partial charge in [-0.15, -0.1) is 0 Å². The van der Waals surface area contributed by atoms with Crippen molar-refractivity contribution in [2.45, 2.75) is 206 Å². The Hall–Kier alpha value is -3.05. The van der Waals surface area contributed by atoms with Crippen LogP contribution in [0.4, 0.5) is 9.59 Å². The number of fused-ring (bicyclic) bond motifs is 10. The van der Waals surface area contributed by atoms with Crippen LogP contribution in [-0.4, -0.2) is 155 Å². The van der Waals surface area contributed by atoms with E-state index >= 15 is 4.79 Å². The van der Waals surface area contributed by atoms with Gasteiger partial charge in [0, 0.05) is 43.1 Å². The smallest absolute Gasteiger partial charge is 0.410 e. The Bertz CT molecular complexity index is 1660. The highest BCUT2D eigenvalue weighted by atomic mass is 16.7. The molecule has 1 N–H and O–H groups in total. The van der Waals surface area contributed by atoms with Crippen LogP contribution in [0.1, 0.15) is 135 Å². The van der Waals surface area contributed by atoms with Crippen molar-refractivity contribution in [3.63, 3.8) is 0 Å². The number of aliphatic hydroxyl groups excluding tert-OH is 1.